The van der Waals surface area contributed by atoms with Gasteiger partial charge in [-0.25, -0.2) is 0 Å². The first kappa shape index (κ1) is 7.79. The zero-order valence-corrected chi connectivity index (χ0v) is 7.18. The Morgan fingerprint density at radius 2 is 2.17 bits per heavy atom. The monoisotopic (exact) mass is 163 g/mol. The lowest BCUT2D eigenvalue weighted by atomic mass is 9.68. The van der Waals surface area contributed by atoms with Crippen molar-refractivity contribution in [2.45, 2.75) is 38.5 Å². The highest BCUT2D eigenvalue weighted by atomic mass is 16.1. The van der Waals surface area contributed by atoms with Gasteiger partial charge in [-0.3, -0.25) is 4.79 Å². The highest BCUT2D eigenvalue weighted by Crippen LogP contribution is 2.49. The van der Waals surface area contributed by atoms with Gasteiger partial charge in [0.15, 0.2) is 5.78 Å². The first-order valence-corrected chi connectivity index (χ1v) is 4.74. The smallest absolute Gasteiger partial charge is 0.153 e. The number of Topliss-reactive ketones (excluding diaryl/α,β-unsaturated/α-hetero) is 1. The summed E-state index contributed by atoms with van der Waals surface area (Å²) >= 11 is 0. The molecule has 2 rings (SSSR count). The molecule has 0 aromatic rings. The van der Waals surface area contributed by atoms with Crippen molar-refractivity contribution in [3.05, 3.63) is 0 Å². The Morgan fingerprint density at radius 1 is 1.42 bits per heavy atom. The van der Waals surface area contributed by atoms with Crippen molar-refractivity contribution in [3.8, 4) is 6.07 Å². The molecule has 0 aliphatic heterocycles. The van der Waals surface area contributed by atoms with Gasteiger partial charge in [0.25, 0.3) is 0 Å². The van der Waals surface area contributed by atoms with Crippen molar-refractivity contribution in [1.82, 2.24) is 0 Å². The highest BCUT2D eigenvalue weighted by molar-refractivity contribution is 5.88. The standard InChI is InChI=1S/C10H13NO/c11-7-10-6-2-4-8(10)3-1-5-9(10)12/h8H,1-6H2/t8-,10-/m1/s1. The van der Waals surface area contributed by atoms with Gasteiger partial charge in [-0.05, 0) is 31.6 Å². The molecule has 0 unspecified atom stereocenters. The van der Waals surface area contributed by atoms with Gasteiger partial charge in [0.05, 0.1) is 6.07 Å². The average molecular weight is 163 g/mol. The van der Waals surface area contributed by atoms with Gasteiger partial charge in [-0.2, -0.15) is 5.26 Å². The van der Waals surface area contributed by atoms with E-state index in [0.29, 0.717) is 12.3 Å². The van der Waals surface area contributed by atoms with Gasteiger partial charge >= 0.3 is 0 Å². The van der Waals surface area contributed by atoms with Crippen LogP contribution in [0, 0.1) is 22.7 Å². The first-order chi connectivity index (χ1) is 5.79. The summed E-state index contributed by atoms with van der Waals surface area (Å²) in [6.45, 7) is 0. The molecule has 2 nitrogen and oxygen atoms in total. The molecule has 0 heterocycles. The van der Waals surface area contributed by atoms with Gasteiger partial charge in [-0.1, -0.05) is 6.42 Å². The van der Waals surface area contributed by atoms with Crippen molar-refractivity contribution < 1.29 is 4.79 Å². The van der Waals surface area contributed by atoms with E-state index in [1.165, 1.54) is 0 Å². The molecule has 2 atom stereocenters. The molecule has 2 fully saturated rings. The Hall–Kier alpha value is -0.840. The fraction of sp³-hybridized carbons (Fsp3) is 0.800. The molecule has 2 heteroatoms. The maximum absolute atomic E-state index is 11.6. The summed E-state index contributed by atoms with van der Waals surface area (Å²) in [5.41, 5.74) is -0.543. The van der Waals surface area contributed by atoms with E-state index in [1.54, 1.807) is 0 Å². The first-order valence-electron chi connectivity index (χ1n) is 4.74. The van der Waals surface area contributed by atoms with Crippen LogP contribution in [0.1, 0.15) is 38.5 Å². The highest BCUT2D eigenvalue weighted by Gasteiger charge is 2.50. The minimum absolute atomic E-state index is 0.221. The molecule has 0 aromatic carbocycles. The molecule has 0 amide bonds. The summed E-state index contributed by atoms with van der Waals surface area (Å²) in [5.74, 6) is 0.613. The Bertz CT molecular complexity index is 253. The van der Waals surface area contributed by atoms with Crippen LogP contribution in [0.25, 0.3) is 0 Å². The van der Waals surface area contributed by atoms with Gasteiger partial charge in [-0.15, -0.1) is 0 Å². The lowest BCUT2D eigenvalue weighted by molar-refractivity contribution is -0.129. The molecular weight excluding hydrogens is 150 g/mol. The van der Waals surface area contributed by atoms with Gasteiger partial charge in [0, 0.05) is 6.42 Å². The fourth-order valence-corrected chi connectivity index (χ4v) is 2.78. The SMILES string of the molecule is N#C[C@]12CCC[C@H]1CCCC2=O. The summed E-state index contributed by atoms with van der Waals surface area (Å²) in [7, 11) is 0. The van der Waals surface area contributed by atoms with Crippen LogP contribution in [0.5, 0.6) is 0 Å². The molecule has 64 valence electrons. The van der Waals surface area contributed by atoms with E-state index in [2.05, 4.69) is 6.07 Å². The number of carbonyl (C=O) groups is 1. The second-order valence-corrected chi connectivity index (χ2v) is 3.99. The van der Waals surface area contributed by atoms with Crippen molar-refractivity contribution in [1.29, 1.82) is 5.26 Å². The fourth-order valence-electron chi connectivity index (χ4n) is 2.78. The number of hydrogen-bond acceptors (Lipinski definition) is 2. The number of carbonyl (C=O) groups excluding carboxylic acids is 1. The molecule has 0 aromatic heterocycles. The minimum Gasteiger partial charge on any atom is -0.298 e. The van der Waals surface area contributed by atoms with Crippen LogP contribution in [0.2, 0.25) is 0 Å². The van der Waals surface area contributed by atoms with Crippen LogP contribution in [0.4, 0.5) is 0 Å². The van der Waals surface area contributed by atoms with E-state index in [1.807, 2.05) is 0 Å². The van der Waals surface area contributed by atoms with Crippen molar-refractivity contribution in [2.75, 3.05) is 0 Å². The average Bonchev–Trinajstić information content (AvgIpc) is 2.50. The molecule has 0 spiro atoms. The van der Waals surface area contributed by atoms with Gasteiger partial charge in [0.2, 0.25) is 0 Å². The molecule has 0 saturated heterocycles. The lowest BCUT2D eigenvalue weighted by Gasteiger charge is -2.31. The molecular formula is C10H13NO. The Labute approximate surface area is 72.6 Å². The molecule has 0 bridgehead atoms. The molecule has 2 aliphatic carbocycles. The summed E-state index contributed by atoms with van der Waals surface area (Å²) in [4.78, 5) is 11.6. The lowest BCUT2D eigenvalue weighted by Crippen LogP contribution is -2.36. The van der Waals surface area contributed by atoms with Crippen LogP contribution in [0.15, 0.2) is 0 Å². The third-order valence-corrected chi connectivity index (χ3v) is 3.47. The number of hydrogen-bond donors (Lipinski definition) is 0. The predicted molar refractivity (Wildman–Crippen MR) is 44.2 cm³/mol. The van der Waals surface area contributed by atoms with Crippen molar-refractivity contribution in [2.24, 2.45) is 11.3 Å². The summed E-state index contributed by atoms with van der Waals surface area (Å²) < 4.78 is 0. The maximum Gasteiger partial charge on any atom is 0.153 e. The van der Waals surface area contributed by atoms with E-state index in [-0.39, 0.29) is 5.78 Å². The molecule has 2 saturated carbocycles. The minimum atomic E-state index is -0.543. The van der Waals surface area contributed by atoms with E-state index in [0.717, 1.165) is 32.1 Å². The summed E-state index contributed by atoms with van der Waals surface area (Å²) in [6, 6.07) is 2.28. The van der Waals surface area contributed by atoms with Crippen LogP contribution >= 0.6 is 0 Å². The molecule has 2 aliphatic rings. The third-order valence-electron chi connectivity index (χ3n) is 3.47. The topological polar surface area (TPSA) is 40.9 Å². The van der Waals surface area contributed by atoms with Crippen molar-refractivity contribution in [3.63, 3.8) is 0 Å². The molecule has 0 N–H and O–H groups in total. The van der Waals surface area contributed by atoms with Crippen LogP contribution in [0.3, 0.4) is 0 Å². The predicted octanol–water partition coefficient (Wildman–Crippen LogP) is 2.05. The number of fused-ring (bicyclic) bond motifs is 1. The van der Waals surface area contributed by atoms with E-state index < -0.39 is 5.41 Å². The largest absolute Gasteiger partial charge is 0.298 e. The zero-order valence-electron chi connectivity index (χ0n) is 7.18. The number of nitrogens with zero attached hydrogens (tertiary/aromatic N) is 1. The van der Waals surface area contributed by atoms with E-state index >= 15 is 0 Å². The molecule has 0 radical (unpaired) electrons. The van der Waals surface area contributed by atoms with Gasteiger partial charge < -0.3 is 0 Å². The van der Waals surface area contributed by atoms with Crippen molar-refractivity contribution >= 4 is 5.78 Å². The normalized spacial score (nSPS) is 40.6. The van der Waals surface area contributed by atoms with E-state index in [9.17, 15) is 4.79 Å². The maximum atomic E-state index is 11.6. The third kappa shape index (κ3) is 0.827. The second kappa shape index (κ2) is 2.58. The van der Waals surface area contributed by atoms with E-state index in [4.69, 9.17) is 5.26 Å². The summed E-state index contributed by atoms with van der Waals surface area (Å²) in [5, 5.41) is 9.05. The molecule has 12 heavy (non-hydrogen) atoms. The second-order valence-electron chi connectivity index (χ2n) is 3.99. The summed E-state index contributed by atoms with van der Waals surface area (Å²) in [6.07, 6.45) is 5.74. The van der Waals surface area contributed by atoms with Crippen LogP contribution in [-0.2, 0) is 4.79 Å². The zero-order chi connectivity index (χ0) is 8.60. The number of nitriles is 1. The van der Waals surface area contributed by atoms with Crippen LogP contribution in [-0.4, -0.2) is 5.78 Å². The number of ketones is 1. The number of rotatable bonds is 0. The Kier molecular flexibility index (Phi) is 1.68. The van der Waals surface area contributed by atoms with Crippen LogP contribution < -0.4 is 0 Å². The Balaban J connectivity index is 2.34. The quantitative estimate of drug-likeness (QED) is 0.548. The van der Waals surface area contributed by atoms with Gasteiger partial charge in [0.1, 0.15) is 5.41 Å². The Morgan fingerprint density at radius 3 is 2.83 bits per heavy atom.